The maximum absolute atomic E-state index is 8.77. The van der Waals surface area contributed by atoms with Crippen LogP contribution in [0.4, 0.5) is 11.4 Å². The number of nitrogens with two attached hydrogens (primary N) is 1. The van der Waals surface area contributed by atoms with E-state index in [0.29, 0.717) is 24.5 Å². The first kappa shape index (κ1) is 15.3. The van der Waals surface area contributed by atoms with Crippen LogP contribution in [0.2, 0.25) is 0 Å². The highest BCUT2D eigenvalue weighted by Crippen LogP contribution is 2.16. The zero-order valence-electron chi connectivity index (χ0n) is 11.3. The van der Waals surface area contributed by atoms with E-state index in [9.17, 15) is 0 Å². The van der Waals surface area contributed by atoms with E-state index < -0.39 is 0 Å². The smallest absolute Gasteiger partial charge is 0.101 e. The fourth-order valence-electron chi connectivity index (χ4n) is 1.58. The lowest BCUT2D eigenvalue weighted by atomic mass is 10.2. The van der Waals surface area contributed by atoms with Crippen molar-refractivity contribution in [3.8, 4) is 6.07 Å². The summed E-state index contributed by atoms with van der Waals surface area (Å²) in [5.74, 6) is 0. The first-order chi connectivity index (χ1) is 9.27. The molecule has 1 aromatic rings. The summed E-state index contributed by atoms with van der Waals surface area (Å²) in [4.78, 5) is 0. The zero-order valence-corrected chi connectivity index (χ0v) is 11.3. The Morgan fingerprint density at radius 1 is 1.26 bits per heavy atom. The second-order valence-corrected chi connectivity index (χ2v) is 4.15. The fraction of sp³-hybridized carbons (Fsp3) is 0.500. The number of nitrogens with one attached hydrogen (secondary N) is 1. The molecule has 0 aliphatic heterocycles. The molecule has 0 aliphatic carbocycles. The molecular weight excluding hydrogens is 242 g/mol. The molecule has 5 heteroatoms. The summed E-state index contributed by atoms with van der Waals surface area (Å²) in [5.41, 5.74) is 7.70. The molecule has 0 aromatic heterocycles. The molecule has 3 N–H and O–H groups in total. The second kappa shape index (κ2) is 9.20. The van der Waals surface area contributed by atoms with Crippen molar-refractivity contribution in [2.45, 2.75) is 12.8 Å². The van der Waals surface area contributed by atoms with Crippen LogP contribution in [-0.2, 0) is 9.47 Å². The molecule has 104 valence electrons. The van der Waals surface area contributed by atoms with Gasteiger partial charge in [0.25, 0.3) is 0 Å². The summed E-state index contributed by atoms with van der Waals surface area (Å²) < 4.78 is 10.3. The van der Waals surface area contributed by atoms with Gasteiger partial charge in [-0.1, -0.05) is 0 Å². The number of methoxy groups -OCH3 is 1. The number of rotatable bonds is 9. The number of nitrogens with zero attached hydrogens (tertiary/aromatic N) is 1. The maximum atomic E-state index is 8.77. The van der Waals surface area contributed by atoms with Crippen LogP contribution in [0.5, 0.6) is 0 Å². The Morgan fingerprint density at radius 2 is 2.11 bits per heavy atom. The van der Waals surface area contributed by atoms with Crippen LogP contribution < -0.4 is 11.1 Å². The van der Waals surface area contributed by atoms with E-state index >= 15 is 0 Å². The lowest BCUT2D eigenvalue weighted by Crippen LogP contribution is -2.06. The van der Waals surface area contributed by atoms with Crippen LogP contribution in [-0.4, -0.2) is 33.5 Å². The number of benzene rings is 1. The van der Waals surface area contributed by atoms with E-state index in [1.54, 1.807) is 19.2 Å². The van der Waals surface area contributed by atoms with Crippen LogP contribution in [0.1, 0.15) is 18.4 Å². The molecule has 0 atom stereocenters. The first-order valence-corrected chi connectivity index (χ1v) is 6.38. The van der Waals surface area contributed by atoms with Crippen molar-refractivity contribution in [2.75, 3.05) is 44.5 Å². The molecule has 0 fully saturated rings. The molecule has 0 bridgehead atoms. The van der Waals surface area contributed by atoms with E-state index in [4.69, 9.17) is 20.5 Å². The molecule has 5 nitrogen and oxygen atoms in total. The molecule has 0 radical (unpaired) electrons. The van der Waals surface area contributed by atoms with Gasteiger partial charge in [0.15, 0.2) is 0 Å². The lowest BCUT2D eigenvalue weighted by molar-refractivity contribution is 0.0691. The van der Waals surface area contributed by atoms with Crippen molar-refractivity contribution in [3.63, 3.8) is 0 Å². The lowest BCUT2D eigenvalue weighted by Gasteiger charge is -2.08. The highest BCUT2D eigenvalue weighted by Gasteiger charge is 1.99. The average Bonchev–Trinajstić information content (AvgIpc) is 2.42. The van der Waals surface area contributed by atoms with Crippen molar-refractivity contribution in [3.05, 3.63) is 23.8 Å². The number of hydrogen-bond acceptors (Lipinski definition) is 5. The molecule has 0 amide bonds. The third-order valence-electron chi connectivity index (χ3n) is 2.65. The monoisotopic (exact) mass is 263 g/mol. The molecule has 0 saturated carbocycles. The minimum atomic E-state index is 0.510. The molecule has 1 aromatic carbocycles. The third-order valence-corrected chi connectivity index (χ3v) is 2.65. The van der Waals surface area contributed by atoms with Gasteiger partial charge in [-0.3, -0.25) is 0 Å². The Balaban J connectivity index is 2.13. The number of hydrogen-bond donors (Lipinski definition) is 2. The number of unbranched alkanes of at least 4 members (excludes halogenated alkanes) is 1. The van der Waals surface area contributed by atoms with Gasteiger partial charge in [0.05, 0.1) is 24.5 Å². The largest absolute Gasteiger partial charge is 0.398 e. The third kappa shape index (κ3) is 6.09. The summed E-state index contributed by atoms with van der Waals surface area (Å²) in [6.07, 6.45) is 2.02. The summed E-state index contributed by atoms with van der Waals surface area (Å²) in [6, 6.07) is 7.42. The first-order valence-electron chi connectivity index (χ1n) is 6.38. The fourth-order valence-corrected chi connectivity index (χ4v) is 1.58. The van der Waals surface area contributed by atoms with Gasteiger partial charge in [-0.05, 0) is 31.0 Å². The number of nitrogen functional groups attached to an aromatic ring is 1. The topological polar surface area (TPSA) is 80.3 Å². The molecule has 19 heavy (non-hydrogen) atoms. The van der Waals surface area contributed by atoms with Crippen molar-refractivity contribution in [2.24, 2.45) is 0 Å². The minimum absolute atomic E-state index is 0.510. The Kier molecular flexibility index (Phi) is 7.40. The van der Waals surface area contributed by atoms with Crippen LogP contribution in [0.25, 0.3) is 0 Å². The molecule has 0 heterocycles. The molecule has 0 aliphatic rings. The van der Waals surface area contributed by atoms with Gasteiger partial charge in [-0.25, -0.2) is 0 Å². The van der Waals surface area contributed by atoms with Crippen LogP contribution in [0.3, 0.4) is 0 Å². The quantitative estimate of drug-likeness (QED) is 0.526. The van der Waals surface area contributed by atoms with Gasteiger partial charge < -0.3 is 20.5 Å². The number of ether oxygens (including phenoxy) is 2. The second-order valence-electron chi connectivity index (χ2n) is 4.15. The molecule has 0 saturated heterocycles. The van der Waals surface area contributed by atoms with Gasteiger partial charge in [-0.2, -0.15) is 5.26 Å². The average molecular weight is 263 g/mol. The van der Waals surface area contributed by atoms with Gasteiger partial charge in [0.2, 0.25) is 0 Å². The summed E-state index contributed by atoms with van der Waals surface area (Å²) in [7, 11) is 1.66. The van der Waals surface area contributed by atoms with Gasteiger partial charge in [0, 0.05) is 25.9 Å². The molecule has 1 rings (SSSR count). The van der Waals surface area contributed by atoms with Crippen LogP contribution in [0, 0.1) is 11.3 Å². The van der Waals surface area contributed by atoms with Gasteiger partial charge >= 0.3 is 0 Å². The summed E-state index contributed by atoms with van der Waals surface area (Å²) in [5, 5.41) is 12.0. The number of anilines is 2. The number of nitriles is 1. The highest BCUT2D eigenvalue weighted by atomic mass is 16.5. The molecule has 0 spiro atoms. The predicted molar refractivity (Wildman–Crippen MR) is 76.0 cm³/mol. The Labute approximate surface area is 114 Å². The molecular formula is C14H21N3O2. The minimum Gasteiger partial charge on any atom is -0.398 e. The zero-order chi connectivity index (χ0) is 13.9. The molecule has 0 unspecified atom stereocenters. The Morgan fingerprint density at radius 3 is 2.79 bits per heavy atom. The van der Waals surface area contributed by atoms with E-state index in [-0.39, 0.29) is 0 Å². The van der Waals surface area contributed by atoms with E-state index in [2.05, 4.69) is 5.32 Å². The van der Waals surface area contributed by atoms with Crippen LogP contribution >= 0.6 is 0 Å². The summed E-state index contributed by atoms with van der Waals surface area (Å²) >= 11 is 0. The van der Waals surface area contributed by atoms with Crippen molar-refractivity contribution in [1.82, 2.24) is 0 Å². The van der Waals surface area contributed by atoms with Crippen molar-refractivity contribution < 1.29 is 9.47 Å². The SMILES string of the molecule is COCCOCCCCNc1ccc(C#N)c(N)c1. The predicted octanol–water partition coefficient (Wildman–Crippen LogP) is 2.00. The standard InChI is InChI=1S/C14H21N3O2/c1-18-8-9-19-7-3-2-6-17-13-5-4-12(11-15)14(16)10-13/h4-5,10,17H,2-3,6-9,16H2,1H3. The van der Waals surface area contributed by atoms with E-state index in [1.165, 1.54) is 0 Å². The van der Waals surface area contributed by atoms with Crippen molar-refractivity contribution >= 4 is 11.4 Å². The van der Waals surface area contributed by atoms with Crippen LogP contribution in [0.15, 0.2) is 18.2 Å². The van der Waals surface area contributed by atoms with Crippen molar-refractivity contribution in [1.29, 1.82) is 5.26 Å². The summed E-state index contributed by atoms with van der Waals surface area (Å²) in [6.45, 7) is 2.90. The Hall–Kier alpha value is -1.77. The normalized spacial score (nSPS) is 10.1. The van der Waals surface area contributed by atoms with Gasteiger partial charge in [-0.15, -0.1) is 0 Å². The van der Waals surface area contributed by atoms with E-state index in [0.717, 1.165) is 31.7 Å². The highest BCUT2D eigenvalue weighted by molar-refractivity contribution is 5.62. The van der Waals surface area contributed by atoms with Gasteiger partial charge in [0.1, 0.15) is 6.07 Å². The Bertz CT molecular complexity index is 416. The van der Waals surface area contributed by atoms with E-state index in [1.807, 2.05) is 12.1 Å². The maximum Gasteiger partial charge on any atom is 0.101 e.